The van der Waals surface area contributed by atoms with E-state index < -0.39 is 10.7 Å². The summed E-state index contributed by atoms with van der Waals surface area (Å²) in [6, 6.07) is 16.9. The Balaban J connectivity index is 2.09. The molecule has 1 N–H and O–H groups in total. The summed E-state index contributed by atoms with van der Waals surface area (Å²) in [7, 11) is 1.56. The van der Waals surface area contributed by atoms with Gasteiger partial charge in [-0.3, -0.25) is 10.1 Å². The molecule has 3 rings (SSSR count). The molecule has 152 valence electrons. The van der Waals surface area contributed by atoms with Gasteiger partial charge in [0.1, 0.15) is 5.75 Å². The first-order chi connectivity index (χ1) is 14.4. The Morgan fingerprint density at radius 3 is 2.50 bits per heavy atom. The second kappa shape index (κ2) is 9.15. The second-order valence-electron chi connectivity index (χ2n) is 6.40. The van der Waals surface area contributed by atoms with Crippen LogP contribution in [0.25, 0.3) is 11.5 Å². The lowest BCUT2D eigenvalue weighted by atomic mass is 10.1. The van der Waals surface area contributed by atoms with E-state index in [9.17, 15) is 15.2 Å². The van der Waals surface area contributed by atoms with Crippen molar-refractivity contribution in [3.05, 3.63) is 94.3 Å². The highest BCUT2D eigenvalue weighted by Crippen LogP contribution is 2.24. The van der Waals surface area contributed by atoms with E-state index in [1.54, 1.807) is 79.5 Å². The minimum absolute atomic E-state index is 0.120. The van der Waals surface area contributed by atoms with Crippen molar-refractivity contribution in [3.63, 3.8) is 0 Å². The van der Waals surface area contributed by atoms with Crippen LogP contribution in [0.1, 0.15) is 11.1 Å². The third kappa shape index (κ3) is 4.61. The summed E-state index contributed by atoms with van der Waals surface area (Å²) < 4.78 is 6.81. The van der Waals surface area contributed by atoms with Crippen LogP contribution < -0.4 is 19.7 Å². The third-order valence-corrected chi connectivity index (χ3v) is 4.69. The first kappa shape index (κ1) is 20.9. The Labute approximate surface area is 179 Å². The lowest BCUT2D eigenvalue weighted by Crippen LogP contribution is -2.39. The molecule has 0 saturated heterocycles. The van der Waals surface area contributed by atoms with Crippen LogP contribution >= 0.6 is 12.2 Å². The molecule has 0 fully saturated rings. The second-order valence-corrected chi connectivity index (χ2v) is 6.81. The number of ether oxygens (including phenoxy) is 1. The maximum Gasteiger partial charge on any atom is 0.272 e. The average Bonchev–Trinajstić information content (AvgIpc) is 2.74. The van der Waals surface area contributed by atoms with Crippen LogP contribution in [0, 0.1) is 17.0 Å². The third-order valence-electron chi connectivity index (χ3n) is 4.40. The fourth-order valence-corrected chi connectivity index (χ4v) is 3.18. The van der Waals surface area contributed by atoms with Crippen molar-refractivity contribution in [3.8, 4) is 5.75 Å². The van der Waals surface area contributed by atoms with E-state index in [1.165, 1.54) is 6.07 Å². The molecule has 1 aromatic heterocycles. The number of rotatable bonds is 6. The number of hydrogen-bond acceptors (Lipinski definition) is 5. The van der Waals surface area contributed by atoms with Gasteiger partial charge < -0.3 is 15.2 Å². The van der Waals surface area contributed by atoms with Gasteiger partial charge in [0.2, 0.25) is 5.70 Å². The SMILES string of the molecule is COc1cccc(NC(=S)/C(=C(\[O-])c2ccc(C)c([N+](=O)[O-])c2)[n+]2ccccc2)c1. The molecule has 1 heterocycles. The van der Waals surface area contributed by atoms with Crippen LogP contribution in [-0.2, 0) is 0 Å². The molecular formula is C22H19N3O4S. The van der Waals surface area contributed by atoms with Crippen molar-refractivity contribution in [2.75, 3.05) is 12.4 Å². The zero-order chi connectivity index (χ0) is 21.7. The average molecular weight is 421 g/mol. The molecule has 30 heavy (non-hydrogen) atoms. The molecule has 0 radical (unpaired) electrons. The number of aryl methyl sites for hydroxylation is 1. The highest BCUT2D eigenvalue weighted by molar-refractivity contribution is 7.81. The number of aromatic nitrogens is 1. The smallest absolute Gasteiger partial charge is 0.272 e. The van der Waals surface area contributed by atoms with Gasteiger partial charge in [0.25, 0.3) is 5.69 Å². The number of benzene rings is 2. The summed E-state index contributed by atoms with van der Waals surface area (Å²) in [5.41, 5.74) is 1.35. The molecule has 0 unspecified atom stereocenters. The summed E-state index contributed by atoms with van der Waals surface area (Å²) in [6.07, 6.45) is 3.38. The minimum atomic E-state index is -0.506. The highest BCUT2D eigenvalue weighted by atomic mass is 32.1. The largest absolute Gasteiger partial charge is 0.867 e. The van der Waals surface area contributed by atoms with Gasteiger partial charge in [-0.1, -0.05) is 36.5 Å². The van der Waals surface area contributed by atoms with Gasteiger partial charge in [-0.2, -0.15) is 4.57 Å². The molecule has 0 atom stereocenters. The first-order valence-electron chi connectivity index (χ1n) is 8.99. The summed E-state index contributed by atoms with van der Waals surface area (Å²) in [5.74, 6) is 0.201. The number of nitro benzene ring substituents is 1. The van der Waals surface area contributed by atoms with Crippen LogP contribution in [0.3, 0.4) is 0 Å². The zero-order valence-electron chi connectivity index (χ0n) is 16.4. The Morgan fingerprint density at radius 1 is 1.10 bits per heavy atom. The topological polar surface area (TPSA) is 91.3 Å². The Kier molecular flexibility index (Phi) is 6.38. The molecule has 0 spiro atoms. The summed E-state index contributed by atoms with van der Waals surface area (Å²) in [6.45, 7) is 1.62. The van der Waals surface area contributed by atoms with E-state index in [0.29, 0.717) is 17.0 Å². The van der Waals surface area contributed by atoms with E-state index in [1.807, 2.05) is 6.07 Å². The fraction of sp³-hybridized carbons (Fsp3) is 0.0909. The van der Waals surface area contributed by atoms with Crippen LogP contribution in [0.2, 0.25) is 0 Å². The maximum atomic E-state index is 13.4. The Morgan fingerprint density at radius 2 is 1.83 bits per heavy atom. The van der Waals surface area contributed by atoms with Crippen molar-refractivity contribution in [1.29, 1.82) is 0 Å². The number of methoxy groups -OCH3 is 1. The van der Waals surface area contributed by atoms with Crippen LogP contribution in [0.15, 0.2) is 73.1 Å². The molecule has 3 aromatic rings. The monoisotopic (exact) mass is 421 g/mol. The van der Waals surface area contributed by atoms with E-state index in [0.717, 1.165) is 0 Å². The molecule has 2 aromatic carbocycles. The quantitative estimate of drug-likeness (QED) is 0.164. The number of nitrogens with zero attached hydrogens (tertiary/aromatic N) is 2. The van der Waals surface area contributed by atoms with Gasteiger partial charge >= 0.3 is 0 Å². The fourth-order valence-electron chi connectivity index (χ4n) is 2.86. The highest BCUT2D eigenvalue weighted by Gasteiger charge is 2.20. The summed E-state index contributed by atoms with van der Waals surface area (Å²) in [5, 5.41) is 27.7. The van der Waals surface area contributed by atoms with Crippen molar-refractivity contribution >= 4 is 40.0 Å². The molecule has 0 amide bonds. The standard InChI is InChI=1S/C22H19N3O4S/c1-15-9-10-16(13-19(15)25(27)28)21(26)20(24-11-4-3-5-12-24)22(30)23-17-7-6-8-18(14-17)29-2/h3-14H,1-2H3,(H-,23,26,30). The lowest BCUT2D eigenvalue weighted by molar-refractivity contribution is -0.577. The van der Waals surface area contributed by atoms with Crippen LogP contribution in [-0.4, -0.2) is 17.0 Å². The molecule has 0 aliphatic heterocycles. The summed E-state index contributed by atoms with van der Waals surface area (Å²) in [4.78, 5) is 11.0. The number of pyridine rings is 1. The molecule has 0 aliphatic rings. The van der Waals surface area contributed by atoms with Gasteiger partial charge in [0.05, 0.1) is 12.0 Å². The maximum absolute atomic E-state index is 13.4. The predicted octanol–water partition coefficient (Wildman–Crippen LogP) is 3.32. The number of nitro groups is 1. The molecule has 7 nitrogen and oxygen atoms in total. The zero-order valence-corrected chi connectivity index (χ0v) is 17.2. The minimum Gasteiger partial charge on any atom is -0.867 e. The molecule has 8 heteroatoms. The van der Waals surface area contributed by atoms with Gasteiger partial charge in [0.15, 0.2) is 17.4 Å². The Bertz CT molecular complexity index is 1130. The van der Waals surface area contributed by atoms with E-state index in [4.69, 9.17) is 17.0 Å². The molecular weight excluding hydrogens is 402 g/mol. The van der Waals surface area contributed by atoms with E-state index >= 15 is 0 Å². The van der Waals surface area contributed by atoms with Crippen molar-refractivity contribution < 1.29 is 19.3 Å². The Hall–Kier alpha value is -3.78. The van der Waals surface area contributed by atoms with Gasteiger partial charge in [-0.15, -0.1) is 0 Å². The first-order valence-corrected chi connectivity index (χ1v) is 9.40. The van der Waals surface area contributed by atoms with Crippen LogP contribution in [0.5, 0.6) is 5.75 Å². The van der Waals surface area contributed by atoms with Crippen molar-refractivity contribution in [2.24, 2.45) is 0 Å². The van der Waals surface area contributed by atoms with Gasteiger partial charge in [-0.05, 0) is 30.4 Å². The van der Waals surface area contributed by atoms with Gasteiger partial charge in [0, 0.05) is 35.5 Å². The molecule has 0 bridgehead atoms. The number of nitrogens with one attached hydrogen (secondary N) is 1. The van der Waals surface area contributed by atoms with Crippen molar-refractivity contribution in [1.82, 2.24) is 0 Å². The van der Waals surface area contributed by atoms with Crippen molar-refractivity contribution in [2.45, 2.75) is 6.92 Å². The normalized spacial score (nSPS) is 11.4. The molecule has 0 saturated carbocycles. The molecule has 0 aliphatic carbocycles. The van der Waals surface area contributed by atoms with Crippen LogP contribution in [0.4, 0.5) is 11.4 Å². The van der Waals surface area contributed by atoms with Gasteiger partial charge in [-0.25, -0.2) is 0 Å². The number of hydrogen-bond donors (Lipinski definition) is 1. The number of anilines is 1. The van der Waals surface area contributed by atoms with E-state index in [-0.39, 0.29) is 21.9 Å². The van der Waals surface area contributed by atoms with E-state index in [2.05, 4.69) is 5.32 Å². The summed E-state index contributed by atoms with van der Waals surface area (Å²) >= 11 is 5.54. The lowest BCUT2D eigenvalue weighted by Gasteiger charge is -2.17. The number of thiocarbonyl (C=S) groups is 1. The predicted molar refractivity (Wildman–Crippen MR) is 117 cm³/mol.